The van der Waals surface area contributed by atoms with E-state index < -0.39 is 18.0 Å². The fourth-order valence-corrected chi connectivity index (χ4v) is 4.88. The summed E-state index contributed by atoms with van der Waals surface area (Å²) >= 11 is 0. The number of nitriles is 1. The molecule has 1 unspecified atom stereocenters. The van der Waals surface area contributed by atoms with Gasteiger partial charge in [0.05, 0.1) is 17.7 Å². The normalized spacial score (nSPS) is 15.5. The lowest BCUT2D eigenvalue weighted by atomic mass is 10.00. The predicted octanol–water partition coefficient (Wildman–Crippen LogP) is 5.02. The third kappa shape index (κ3) is 6.08. The molecule has 0 spiro atoms. The molecule has 208 valence electrons. The Balaban J connectivity index is 1.17. The van der Waals surface area contributed by atoms with Gasteiger partial charge < -0.3 is 14.4 Å². The number of benzene rings is 2. The van der Waals surface area contributed by atoms with Crippen molar-refractivity contribution in [3.63, 3.8) is 0 Å². The predicted molar refractivity (Wildman–Crippen MR) is 144 cm³/mol. The van der Waals surface area contributed by atoms with E-state index in [9.17, 15) is 23.5 Å². The highest BCUT2D eigenvalue weighted by atomic mass is 19.4. The molecule has 2 aromatic carbocycles. The average molecular weight is 551 g/mol. The topological polar surface area (TPSA) is 102 Å². The van der Waals surface area contributed by atoms with Gasteiger partial charge in [-0.25, -0.2) is 15.0 Å². The lowest BCUT2D eigenvalue weighted by Gasteiger charge is -2.35. The number of piperazine rings is 1. The van der Waals surface area contributed by atoms with Crippen molar-refractivity contribution >= 4 is 17.0 Å². The van der Waals surface area contributed by atoms with Crippen molar-refractivity contribution in [3.8, 4) is 17.5 Å². The third-order valence-electron chi connectivity index (χ3n) is 7.00. The molecule has 0 amide bonds. The number of nitrogens with zero attached hydrogens (tertiary/aromatic N) is 6. The van der Waals surface area contributed by atoms with E-state index >= 15 is 0 Å². The van der Waals surface area contributed by atoms with Crippen LogP contribution in [0.25, 0.3) is 22.6 Å². The molecule has 4 aromatic rings. The molecular formula is C29H29F3N6O2. The smallest absolute Gasteiger partial charge is 0.433 e. The fourth-order valence-electron chi connectivity index (χ4n) is 4.88. The molecule has 1 aliphatic rings. The van der Waals surface area contributed by atoms with Crippen LogP contribution in [0.1, 0.15) is 42.1 Å². The Hall–Kier alpha value is -4.01. The summed E-state index contributed by atoms with van der Waals surface area (Å²) in [5, 5.41) is 20.1. The maximum atomic E-state index is 13.0. The average Bonchev–Trinajstić information content (AvgIpc) is 3.37. The summed E-state index contributed by atoms with van der Waals surface area (Å²) in [7, 11) is 0. The lowest BCUT2D eigenvalue weighted by molar-refractivity contribution is -0.141. The van der Waals surface area contributed by atoms with Crippen molar-refractivity contribution in [2.75, 3.05) is 37.6 Å². The highest BCUT2D eigenvalue weighted by Gasteiger charge is 2.33. The van der Waals surface area contributed by atoms with E-state index in [1.165, 1.54) is 0 Å². The minimum absolute atomic E-state index is 0.0694. The first-order valence-corrected chi connectivity index (χ1v) is 13.1. The number of aromatic nitrogens is 3. The summed E-state index contributed by atoms with van der Waals surface area (Å²) in [5.41, 5.74) is 3.63. The van der Waals surface area contributed by atoms with Crippen molar-refractivity contribution in [2.45, 2.75) is 38.5 Å². The molecule has 8 nitrogen and oxygen atoms in total. The van der Waals surface area contributed by atoms with E-state index in [0.29, 0.717) is 61.7 Å². The lowest BCUT2D eigenvalue weighted by Crippen LogP contribution is -2.49. The quantitative estimate of drug-likeness (QED) is 0.342. The van der Waals surface area contributed by atoms with E-state index in [4.69, 9.17) is 4.42 Å². The largest absolute Gasteiger partial charge is 0.436 e. The fraction of sp³-hybridized carbons (Fsp3) is 0.379. The van der Waals surface area contributed by atoms with E-state index in [1.807, 2.05) is 44.2 Å². The zero-order valence-electron chi connectivity index (χ0n) is 22.2. The molecule has 1 aliphatic heterocycles. The molecule has 40 heavy (non-hydrogen) atoms. The van der Waals surface area contributed by atoms with E-state index in [0.717, 1.165) is 29.0 Å². The summed E-state index contributed by atoms with van der Waals surface area (Å²) < 4.78 is 45.0. The van der Waals surface area contributed by atoms with Gasteiger partial charge in [-0.1, -0.05) is 26.0 Å². The summed E-state index contributed by atoms with van der Waals surface area (Å²) in [6.45, 7) is 6.65. The number of fused-ring (bicyclic) bond motifs is 1. The number of oxazole rings is 1. The number of rotatable bonds is 7. The Labute approximate surface area is 229 Å². The van der Waals surface area contributed by atoms with E-state index in [-0.39, 0.29) is 11.9 Å². The molecule has 0 aliphatic carbocycles. The van der Waals surface area contributed by atoms with Crippen LogP contribution >= 0.6 is 0 Å². The highest BCUT2D eigenvalue weighted by Crippen LogP contribution is 2.32. The molecule has 0 bridgehead atoms. The maximum Gasteiger partial charge on any atom is 0.433 e. The Morgan fingerprint density at radius 2 is 1.77 bits per heavy atom. The van der Waals surface area contributed by atoms with Crippen LogP contribution < -0.4 is 4.90 Å². The van der Waals surface area contributed by atoms with Gasteiger partial charge in [0.2, 0.25) is 11.8 Å². The molecular weight excluding hydrogens is 521 g/mol. The van der Waals surface area contributed by atoms with E-state index in [2.05, 4.69) is 25.9 Å². The van der Waals surface area contributed by atoms with Crippen LogP contribution in [0, 0.1) is 11.3 Å². The number of hydrogen-bond donors (Lipinski definition) is 1. The molecule has 2 aromatic heterocycles. The number of aliphatic hydroxyl groups is 1. The zero-order valence-corrected chi connectivity index (χ0v) is 22.2. The van der Waals surface area contributed by atoms with Crippen LogP contribution in [-0.2, 0) is 12.6 Å². The number of aliphatic hydroxyl groups excluding tert-OH is 1. The Bertz CT molecular complexity index is 1520. The molecule has 11 heteroatoms. The van der Waals surface area contributed by atoms with Crippen LogP contribution in [0.4, 0.5) is 19.1 Å². The van der Waals surface area contributed by atoms with Gasteiger partial charge in [-0.05, 0) is 48.2 Å². The van der Waals surface area contributed by atoms with Crippen molar-refractivity contribution in [1.82, 2.24) is 19.9 Å². The number of hydrogen-bond acceptors (Lipinski definition) is 8. The molecule has 3 heterocycles. The number of alkyl halides is 3. The molecule has 1 N–H and O–H groups in total. The molecule has 0 saturated carbocycles. The van der Waals surface area contributed by atoms with Gasteiger partial charge in [0.25, 0.3) is 0 Å². The summed E-state index contributed by atoms with van der Waals surface area (Å²) in [5.74, 6) is 0.721. The minimum Gasteiger partial charge on any atom is -0.436 e. The maximum absolute atomic E-state index is 13.0. The minimum atomic E-state index is -4.51. The van der Waals surface area contributed by atoms with Gasteiger partial charge in [-0.3, -0.25) is 4.90 Å². The van der Waals surface area contributed by atoms with Crippen LogP contribution in [0.2, 0.25) is 0 Å². The SMILES string of the molecule is CC(C)c1cc(C#N)cc2nc(-c3ccc(CC(O)CN4CCN(c5nccc(C(F)(F)F)n5)CC4)cc3)oc12. The van der Waals surface area contributed by atoms with Crippen LogP contribution in [0.3, 0.4) is 0 Å². The van der Waals surface area contributed by atoms with E-state index in [1.54, 1.807) is 11.0 Å². The standard InChI is InChI=1S/C29H29F3N6O2/c1-18(2)23-14-20(16-33)15-24-26(23)40-27(35-24)21-5-3-19(4-6-21)13-22(39)17-37-9-11-38(12-10-37)28-34-8-7-25(36-28)29(30,31)32/h3-8,14-15,18,22,39H,9-13,17H2,1-2H3. The monoisotopic (exact) mass is 550 g/mol. The summed E-state index contributed by atoms with van der Waals surface area (Å²) in [6.07, 6.45) is -3.54. The van der Waals surface area contributed by atoms with Crippen LogP contribution in [0.15, 0.2) is 53.1 Å². The van der Waals surface area contributed by atoms with Crippen LogP contribution in [-0.4, -0.2) is 63.8 Å². The molecule has 1 saturated heterocycles. The number of halogens is 3. The first kappa shape index (κ1) is 27.6. The molecule has 1 fully saturated rings. The van der Waals surface area contributed by atoms with Gasteiger partial charge in [-0.2, -0.15) is 18.4 Å². The summed E-state index contributed by atoms with van der Waals surface area (Å²) in [6, 6.07) is 14.3. The molecule has 5 rings (SSSR count). The summed E-state index contributed by atoms with van der Waals surface area (Å²) in [4.78, 5) is 16.1. The molecule has 1 atom stereocenters. The third-order valence-corrected chi connectivity index (χ3v) is 7.00. The zero-order chi connectivity index (χ0) is 28.4. The second-order valence-corrected chi connectivity index (χ2v) is 10.3. The van der Waals surface area contributed by atoms with Crippen molar-refractivity contribution in [3.05, 3.63) is 71.0 Å². The van der Waals surface area contributed by atoms with Gasteiger partial charge in [0.15, 0.2) is 5.58 Å². The van der Waals surface area contributed by atoms with Crippen molar-refractivity contribution < 1.29 is 22.7 Å². The van der Waals surface area contributed by atoms with Crippen LogP contribution in [0.5, 0.6) is 0 Å². The number of β-amino-alcohol motifs (C(OH)–C–C–N with tert-alkyl or cyclic N) is 1. The van der Waals surface area contributed by atoms with Crippen molar-refractivity contribution in [1.29, 1.82) is 5.26 Å². The molecule has 0 radical (unpaired) electrons. The van der Waals surface area contributed by atoms with Gasteiger partial charge in [-0.15, -0.1) is 0 Å². The number of anilines is 1. The van der Waals surface area contributed by atoms with Crippen molar-refractivity contribution in [2.24, 2.45) is 0 Å². The first-order chi connectivity index (χ1) is 19.1. The Kier molecular flexibility index (Phi) is 7.74. The van der Waals surface area contributed by atoms with Gasteiger partial charge >= 0.3 is 6.18 Å². The first-order valence-electron chi connectivity index (χ1n) is 13.1. The highest BCUT2D eigenvalue weighted by molar-refractivity contribution is 5.81. The Morgan fingerprint density at radius 1 is 1.05 bits per heavy atom. The second-order valence-electron chi connectivity index (χ2n) is 10.3. The van der Waals surface area contributed by atoms with Gasteiger partial charge in [0.1, 0.15) is 11.2 Å². The second kappa shape index (κ2) is 11.2. The van der Waals surface area contributed by atoms with Gasteiger partial charge in [0, 0.05) is 50.0 Å². The Morgan fingerprint density at radius 3 is 2.42 bits per heavy atom.